The number of unbranched alkanes of at least 4 members (excludes halogenated alkanes) is 4. The Bertz CT molecular complexity index is 195. The topological polar surface area (TPSA) is 38.7 Å². The molecular weight excluding hydrogens is 192 g/mol. The van der Waals surface area contributed by atoms with Gasteiger partial charge >= 0.3 is 0 Å². The van der Waals surface area contributed by atoms with E-state index < -0.39 is 0 Å². The van der Waals surface area contributed by atoms with Gasteiger partial charge in [0.05, 0.1) is 18.8 Å². The molecule has 0 bridgehead atoms. The quantitative estimate of drug-likeness (QED) is 0.688. The van der Waals surface area contributed by atoms with Crippen molar-refractivity contribution in [2.45, 2.75) is 63.9 Å². The highest BCUT2D eigenvalue weighted by Gasteiger charge is 2.54. The smallest absolute Gasteiger partial charge is 0.158 e. The zero-order chi connectivity index (χ0) is 10.7. The van der Waals surface area contributed by atoms with Crippen molar-refractivity contribution >= 4 is 0 Å². The van der Waals surface area contributed by atoms with Gasteiger partial charge in [-0.25, -0.2) is 0 Å². The van der Waals surface area contributed by atoms with E-state index in [1.807, 2.05) is 0 Å². The van der Waals surface area contributed by atoms with Crippen LogP contribution in [0.25, 0.3) is 0 Å². The maximum absolute atomic E-state index is 9.38. The first kappa shape index (κ1) is 11.4. The van der Waals surface area contributed by atoms with Crippen LogP contribution < -0.4 is 0 Å². The van der Waals surface area contributed by atoms with Gasteiger partial charge in [-0.1, -0.05) is 32.6 Å². The molecule has 1 N–H and O–H groups in total. The molecule has 4 atom stereocenters. The molecule has 0 radical (unpaired) electrons. The van der Waals surface area contributed by atoms with E-state index in [1.54, 1.807) is 0 Å². The second-order valence-corrected chi connectivity index (χ2v) is 4.72. The van der Waals surface area contributed by atoms with Crippen molar-refractivity contribution in [3.05, 3.63) is 0 Å². The number of hydrogen-bond donors (Lipinski definition) is 1. The fraction of sp³-hybridized carbons (Fsp3) is 1.00. The Kier molecular flexibility index (Phi) is 4.00. The lowest BCUT2D eigenvalue weighted by atomic mass is 10.1. The Labute approximate surface area is 91.8 Å². The second-order valence-electron chi connectivity index (χ2n) is 4.72. The molecule has 0 amide bonds. The molecule has 1 saturated carbocycles. The lowest BCUT2D eigenvalue weighted by Crippen LogP contribution is -2.25. The predicted octanol–water partition coefficient (Wildman–Crippen LogP) is 2.08. The molecule has 2 rings (SSSR count). The van der Waals surface area contributed by atoms with Crippen molar-refractivity contribution in [3.63, 3.8) is 0 Å². The summed E-state index contributed by atoms with van der Waals surface area (Å²) in [4.78, 5) is 0. The van der Waals surface area contributed by atoms with Crippen LogP contribution in [0.3, 0.4) is 0 Å². The van der Waals surface area contributed by atoms with Crippen LogP contribution in [0.2, 0.25) is 0 Å². The SMILES string of the molecule is CCCCCCCC1OCC2C(O)C2O1. The number of aliphatic hydroxyl groups excluding tert-OH is 1. The van der Waals surface area contributed by atoms with E-state index in [9.17, 15) is 5.11 Å². The highest BCUT2D eigenvalue weighted by Crippen LogP contribution is 2.40. The number of rotatable bonds is 6. The van der Waals surface area contributed by atoms with E-state index in [-0.39, 0.29) is 24.4 Å². The van der Waals surface area contributed by atoms with Crippen molar-refractivity contribution in [1.82, 2.24) is 0 Å². The second kappa shape index (κ2) is 5.28. The molecule has 15 heavy (non-hydrogen) atoms. The van der Waals surface area contributed by atoms with Gasteiger partial charge < -0.3 is 14.6 Å². The summed E-state index contributed by atoms with van der Waals surface area (Å²) in [6, 6.07) is 0. The Hall–Kier alpha value is -0.120. The zero-order valence-electron chi connectivity index (χ0n) is 9.52. The monoisotopic (exact) mass is 214 g/mol. The highest BCUT2D eigenvalue weighted by atomic mass is 16.7. The summed E-state index contributed by atoms with van der Waals surface area (Å²) >= 11 is 0. The molecule has 1 aliphatic carbocycles. The summed E-state index contributed by atoms with van der Waals surface area (Å²) in [6.07, 6.45) is 7.14. The maximum atomic E-state index is 9.38. The molecule has 0 aromatic heterocycles. The Morgan fingerprint density at radius 2 is 2.00 bits per heavy atom. The van der Waals surface area contributed by atoms with E-state index in [0.717, 1.165) is 6.42 Å². The average molecular weight is 214 g/mol. The third kappa shape index (κ3) is 2.92. The van der Waals surface area contributed by atoms with Gasteiger partial charge in [-0.15, -0.1) is 0 Å². The van der Waals surface area contributed by atoms with Crippen LogP contribution in [-0.4, -0.2) is 30.2 Å². The molecule has 3 nitrogen and oxygen atoms in total. The highest BCUT2D eigenvalue weighted by molar-refractivity contribution is 5.01. The molecular formula is C12H22O3. The zero-order valence-corrected chi connectivity index (χ0v) is 9.52. The fourth-order valence-corrected chi connectivity index (χ4v) is 2.20. The summed E-state index contributed by atoms with van der Waals surface area (Å²) in [5.41, 5.74) is 0. The third-order valence-corrected chi connectivity index (χ3v) is 3.38. The van der Waals surface area contributed by atoms with Crippen LogP contribution in [0.5, 0.6) is 0 Å². The van der Waals surface area contributed by atoms with Gasteiger partial charge in [0.1, 0.15) is 0 Å². The molecule has 2 fully saturated rings. The van der Waals surface area contributed by atoms with Gasteiger partial charge in [0.25, 0.3) is 0 Å². The molecule has 3 heteroatoms. The molecule has 0 aromatic carbocycles. The largest absolute Gasteiger partial charge is 0.390 e. The van der Waals surface area contributed by atoms with Crippen molar-refractivity contribution in [2.75, 3.05) is 6.61 Å². The number of fused-ring (bicyclic) bond motifs is 1. The van der Waals surface area contributed by atoms with Gasteiger partial charge in [-0.05, 0) is 12.8 Å². The summed E-state index contributed by atoms with van der Waals surface area (Å²) in [6.45, 7) is 2.91. The Balaban J connectivity index is 1.52. The summed E-state index contributed by atoms with van der Waals surface area (Å²) in [5, 5.41) is 9.38. The van der Waals surface area contributed by atoms with Crippen LogP contribution in [-0.2, 0) is 9.47 Å². The first-order valence-corrected chi connectivity index (χ1v) is 6.28. The molecule has 0 spiro atoms. The minimum absolute atomic E-state index is 0.0509. The van der Waals surface area contributed by atoms with Crippen LogP contribution >= 0.6 is 0 Å². The molecule has 2 aliphatic rings. The van der Waals surface area contributed by atoms with E-state index in [4.69, 9.17) is 9.47 Å². The Morgan fingerprint density at radius 1 is 1.20 bits per heavy atom. The molecule has 1 aliphatic heterocycles. The lowest BCUT2D eigenvalue weighted by molar-refractivity contribution is -0.188. The van der Waals surface area contributed by atoms with Crippen molar-refractivity contribution in [3.8, 4) is 0 Å². The van der Waals surface area contributed by atoms with Gasteiger partial charge in [0.2, 0.25) is 0 Å². The normalized spacial score (nSPS) is 38.8. The number of aliphatic hydroxyl groups is 1. The summed E-state index contributed by atoms with van der Waals surface area (Å²) in [5.74, 6) is 0.265. The van der Waals surface area contributed by atoms with Gasteiger partial charge in [0, 0.05) is 5.92 Å². The van der Waals surface area contributed by atoms with Crippen molar-refractivity contribution < 1.29 is 14.6 Å². The summed E-state index contributed by atoms with van der Waals surface area (Å²) < 4.78 is 11.1. The van der Waals surface area contributed by atoms with Gasteiger partial charge in [-0.2, -0.15) is 0 Å². The summed E-state index contributed by atoms with van der Waals surface area (Å²) in [7, 11) is 0. The van der Waals surface area contributed by atoms with Crippen LogP contribution in [0.4, 0.5) is 0 Å². The predicted molar refractivity (Wildman–Crippen MR) is 57.5 cm³/mol. The maximum Gasteiger partial charge on any atom is 0.158 e. The van der Waals surface area contributed by atoms with Crippen LogP contribution in [0.15, 0.2) is 0 Å². The molecule has 88 valence electrons. The van der Waals surface area contributed by atoms with Gasteiger partial charge in [-0.3, -0.25) is 0 Å². The number of ether oxygens (including phenoxy) is 2. The minimum Gasteiger partial charge on any atom is -0.390 e. The molecule has 1 saturated heterocycles. The van der Waals surface area contributed by atoms with E-state index in [1.165, 1.54) is 32.1 Å². The van der Waals surface area contributed by atoms with E-state index in [2.05, 4.69) is 6.92 Å². The number of hydrogen-bond acceptors (Lipinski definition) is 3. The van der Waals surface area contributed by atoms with Crippen LogP contribution in [0, 0.1) is 5.92 Å². The van der Waals surface area contributed by atoms with E-state index >= 15 is 0 Å². The molecule has 4 unspecified atom stereocenters. The van der Waals surface area contributed by atoms with Gasteiger partial charge in [0.15, 0.2) is 6.29 Å². The first-order chi connectivity index (χ1) is 7.33. The van der Waals surface area contributed by atoms with Crippen molar-refractivity contribution in [2.24, 2.45) is 5.92 Å². The van der Waals surface area contributed by atoms with Crippen LogP contribution in [0.1, 0.15) is 45.4 Å². The average Bonchev–Trinajstić information content (AvgIpc) is 2.89. The lowest BCUT2D eigenvalue weighted by Gasteiger charge is -2.22. The first-order valence-electron chi connectivity index (χ1n) is 6.28. The molecule has 1 heterocycles. The standard InChI is InChI=1S/C12H22O3/c1-2-3-4-5-6-7-10-14-8-9-11(13)12(9)15-10/h9-13H,2-8H2,1H3. The fourth-order valence-electron chi connectivity index (χ4n) is 2.20. The molecule has 0 aromatic rings. The minimum atomic E-state index is -0.255. The van der Waals surface area contributed by atoms with E-state index in [0.29, 0.717) is 6.61 Å². The third-order valence-electron chi connectivity index (χ3n) is 3.38. The van der Waals surface area contributed by atoms with Crippen molar-refractivity contribution in [1.29, 1.82) is 0 Å². The Morgan fingerprint density at radius 3 is 2.73 bits per heavy atom.